The van der Waals surface area contributed by atoms with Crippen molar-refractivity contribution in [2.24, 2.45) is 7.05 Å². The Morgan fingerprint density at radius 3 is 2.53 bits per heavy atom. The van der Waals surface area contributed by atoms with Crippen LogP contribution in [0, 0.1) is 6.92 Å². The third-order valence-electron chi connectivity index (χ3n) is 3.13. The van der Waals surface area contributed by atoms with Crippen molar-refractivity contribution in [1.82, 2.24) is 14.7 Å². The van der Waals surface area contributed by atoms with Crippen LogP contribution in [-0.4, -0.2) is 27.1 Å². The minimum absolute atomic E-state index is 0.0388. The highest BCUT2D eigenvalue weighted by atomic mass is 16.2. The number of rotatable bonds is 4. The normalized spacial score (nSPS) is 10.5. The molecule has 0 atom stereocenters. The molecular weight excluding hydrogens is 238 g/mol. The van der Waals surface area contributed by atoms with Crippen LogP contribution >= 0.6 is 0 Å². The molecule has 0 bridgehead atoms. The third-order valence-corrected chi connectivity index (χ3v) is 3.13. The van der Waals surface area contributed by atoms with Gasteiger partial charge in [-0.05, 0) is 19.4 Å². The van der Waals surface area contributed by atoms with Gasteiger partial charge in [-0.25, -0.2) is 0 Å². The Morgan fingerprint density at radius 1 is 1.32 bits per heavy atom. The number of benzene rings is 1. The predicted octanol–water partition coefficient (Wildman–Crippen LogP) is 2.39. The number of hydrogen-bond acceptors (Lipinski definition) is 2. The summed E-state index contributed by atoms with van der Waals surface area (Å²) in [5.74, 6) is 0.0388. The van der Waals surface area contributed by atoms with Gasteiger partial charge in [-0.1, -0.05) is 30.3 Å². The summed E-state index contributed by atoms with van der Waals surface area (Å²) in [6.45, 7) is 5.17. The molecule has 0 fully saturated rings. The van der Waals surface area contributed by atoms with E-state index in [1.165, 1.54) is 0 Å². The van der Waals surface area contributed by atoms with Crippen molar-refractivity contribution in [2.75, 3.05) is 6.54 Å². The van der Waals surface area contributed by atoms with Crippen molar-refractivity contribution in [3.63, 3.8) is 0 Å². The van der Waals surface area contributed by atoms with Crippen molar-refractivity contribution in [2.45, 2.75) is 20.4 Å². The molecule has 0 radical (unpaired) electrons. The molecule has 4 nitrogen and oxygen atoms in total. The summed E-state index contributed by atoms with van der Waals surface area (Å²) in [7, 11) is 1.83. The average molecular weight is 257 g/mol. The second kappa shape index (κ2) is 5.69. The molecule has 1 heterocycles. The Balaban J connectivity index is 2.18. The third kappa shape index (κ3) is 3.02. The van der Waals surface area contributed by atoms with Gasteiger partial charge in [0.1, 0.15) is 0 Å². The molecule has 0 unspecified atom stereocenters. The van der Waals surface area contributed by atoms with E-state index in [2.05, 4.69) is 5.10 Å². The van der Waals surface area contributed by atoms with Gasteiger partial charge < -0.3 is 4.90 Å². The molecular formula is C15H19N3O. The van der Waals surface area contributed by atoms with E-state index in [0.29, 0.717) is 18.7 Å². The highest BCUT2D eigenvalue weighted by Gasteiger charge is 2.18. The van der Waals surface area contributed by atoms with Crippen molar-refractivity contribution >= 4 is 5.91 Å². The van der Waals surface area contributed by atoms with Crippen LogP contribution in [0.15, 0.2) is 36.5 Å². The maximum atomic E-state index is 12.5. The molecule has 0 aliphatic heterocycles. The first-order valence-electron chi connectivity index (χ1n) is 6.45. The lowest BCUT2D eigenvalue weighted by atomic mass is 10.2. The lowest BCUT2D eigenvalue weighted by Crippen LogP contribution is -2.30. The first kappa shape index (κ1) is 13.3. The van der Waals surface area contributed by atoms with Crippen molar-refractivity contribution < 1.29 is 4.79 Å². The zero-order chi connectivity index (χ0) is 13.8. The van der Waals surface area contributed by atoms with Crippen LogP contribution in [0.5, 0.6) is 0 Å². The van der Waals surface area contributed by atoms with Gasteiger partial charge in [0.05, 0.1) is 11.3 Å². The van der Waals surface area contributed by atoms with Gasteiger partial charge in [0.25, 0.3) is 5.91 Å². The predicted molar refractivity (Wildman–Crippen MR) is 74.8 cm³/mol. The minimum Gasteiger partial charge on any atom is -0.334 e. The number of carbonyl (C=O) groups excluding carboxylic acids is 1. The van der Waals surface area contributed by atoms with E-state index in [1.807, 2.05) is 56.1 Å². The van der Waals surface area contributed by atoms with E-state index in [-0.39, 0.29) is 5.91 Å². The van der Waals surface area contributed by atoms with Crippen molar-refractivity contribution in [3.05, 3.63) is 53.3 Å². The van der Waals surface area contributed by atoms with Crippen molar-refractivity contribution in [1.29, 1.82) is 0 Å². The summed E-state index contributed by atoms with van der Waals surface area (Å²) >= 11 is 0. The molecule has 1 aromatic heterocycles. The lowest BCUT2D eigenvalue weighted by molar-refractivity contribution is 0.0752. The minimum atomic E-state index is 0.0388. The Hall–Kier alpha value is -2.10. The van der Waals surface area contributed by atoms with E-state index in [9.17, 15) is 4.79 Å². The number of nitrogens with zero attached hydrogens (tertiary/aromatic N) is 3. The van der Waals surface area contributed by atoms with Gasteiger partial charge >= 0.3 is 0 Å². The molecule has 4 heteroatoms. The Kier molecular flexibility index (Phi) is 4.00. The molecule has 0 spiro atoms. The van der Waals surface area contributed by atoms with Gasteiger partial charge in [-0.3, -0.25) is 9.48 Å². The molecule has 2 rings (SSSR count). The van der Waals surface area contributed by atoms with Gasteiger partial charge in [0.15, 0.2) is 0 Å². The van der Waals surface area contributed by atoms with Gasteiger partial charge in [-0.2, -0.15) is 5.10 Å². The van der Waals surface area contributed by atoms with Gasteiger partial charge in [0, 0.05) is 26.3 Å². The Bertz CT molecular complexity index is 560. The summed E-state index contributed by atoms with van der Waals surface area (Å²) in [5, 5.41) is 4.23. The lowest BCUT2D eigenvalue weighted by Gasteiger charge is -2.20. The molecule has 19 heavy (non-hydrogen) atoms. The van der Waals surface area contributed by atoms with E-state index >= 15 is 0 Å². The SMILES string of the molecule is CCN(Cc1ccccc1)C(=O)c1cn(C)nc1C. The van der Waals surface area contributed by atoms with Crippen LogP contribution in [0.2, 0.25) is 0 Å². The number of carbonyl (C=O) groups is 1. The fourth-order valence-corrected chi connectivity index (χ4v) is 2.11. The molecule has 0 saturated carbocycles. The highest BCUT2D eigenvalue weighted by Crippen LogP contribution is 2.12. The van der Waals surface area contributed by atoms with E-state index in [0.717, 1.165) is 11.3 Å². The molecule has 0 saturated heterocycles. The second-order valence-electron chi connectivity index (χ2n) is 4.61. The number of hydrogen-bond donors (Lipinski definition) is 0. The largest absolute Gasteiger partial charge is 0.334 e. The molecule has 1 aromatic carbocycles. The molecule has 100 valence electrons. The molecule has 0 aliphatic carbocycles. The molecule has 0 N–H and O–H groups in total. The van der Waals surface area contributed by atoms with E-state index in [4.69, 9.17) is 0 Å². The van der Waals surface area contributed by atoms with Crippen LogP contribution < -0.4 is 0 Å². The van der Waals surface area contributed by atoms with Crippen LogP contribution in [0.1, 0.15) is 28.5 Å². The highest BCUT2D eigenvalue weighted by molar-refractivity contribution is 5.95. The summed E-state index contributed by atoms with van der Waals surface area (Å²) in [4.78, 5) is 14.3. The van der Waals surface area contributed by atoms with Gasteiger partial charge in [-0.15, -0.1) is 0 Å². The standard InChI is InChI=1S/C15H19N3O/c1-4-18(10-13-8-6-5-7-9-13)15(19)14-11-17(3)16-12(14)2/h5-9,11H,4,10H2,1-3H3. The zero-order valence-corrected chi connectivity index (χ0v) is 11.6. The molecule has 1 amide bonds. The van der Waals surface area contributed by atoms with Crippen LogP contribution in [0.4, 0.5) is 0 Å². The van der Waals surface area contributed by atoms with E-state index in [1.54, 1.807) is 10.9 Å². The maximum Gasteiger partial charge on any atom is 0.257 e. The Labute approximate surface area is 113 Å². The first-order chi connectivity index (χ1) is 9.11. The fraction of sp³-hybridized carbons (Fsp3) is 0.333. The van der Waals surface area contributed by atoms with Gasteiger partial charge in [0.2, 0.25) is 0 Å². The maximum absolute atomic E-state index is 12.5. The average Bonchev–Trinajstić information content (AvgIpc) is 2.75. The van der Waals surface area contributed by atoms with E-state index < -0.39 is 0 Å². The monoisotopic (exact) mass is 257 g/mol. The quantitative estimate of drug-likeness (QED) is 0.843. The van der Waals surface area contributed by atoms with Crippen LogP contribution in [0.25, 0.3) is 0 Å². The summed E-state index contributed by atoms with van der Waals surface area (Å²) in [5.41, 5.74) is 2.60. The van der Waals surface area contributed by atoms with Crippen LogP contribution in [-0.2, 0) is 13.6 Å². The fourth-order valence-electron chi connectivity index (χ4n) is 2.11. The van der Waals surface area contributed by atoms with Crippen LogP contribution in [0.3, 0.4) is 0 Å². The number of aromatic nitrogens is 2. The summed E-state index contributed by atoms with van der Waals surface area (Å²) in [6.07, 6.45) is 1.78. The molecule has 0 aliphatic rings. The number of amides is 1. The second-order valence-corrected chi connectivity index (χ2v) is 4.61. The summed E-state index contributed by atoms with van der Waals surface area (Å²) < 4.78 is 1.68. The topological polar surface area (TPSA) is 38.1 Å². The smallest absolute Gasteiger partial charge is 0.257 e. The van der Waals surface area contributed by atoms with Crippen molar-refractivity contribution in [3.8, 4) is 0 Å². The first-order valence-corrected chi connectivity index (χ1v) is 6.45. The number of aryl methyl sites for hydroxylation is 2. The summed E-state index contributed by atoms with van der Waals surface area (Å²) in [6, 6.07) is 10.0. The zero-order valence-electron chi connectivity index (χ0n) is 11.6. The molecule has 2 aromatic rings. The Morgan fingerprint density at radius 2 is 2.00 bits per heavy atom.